The summed E-state index contributed by atoms with van der Waals surface area (Å²) in [6.07, 6.45) is 3.56. The van der Waals surface area contributed by atoms with E-state index in [0.29, 0.717) is 29.4 Å². The molecule has 0 fully saturated rings. The Hall–Kier alpha value is -4.58. The molecule has 4 rings (SSSR count). The first-order chi connectivity index (χ1) is 18.2. The van der Waals surface area contributed by atoms with Crippen LogP contribution >= 0.6 is 0 Å². The van der Waals surface area contributed by atoms with E-state index in [2.05, 4.69) is 37.1 Å². The Bertz CT molecular complexity index is 1490. The molecule has 0 aliphatic rings. The summed E-state index contributed by atoms with van der Waals surface area (Å²) in [5, 5.41) is 5.64. The molecule has 12 heteroatoms. The van der Waals surface area contributed by atoms with Gasteiger partial charge in [-0.25, -0.2) is 19.3 Å². The number of rotatable bonds is 10. The SMILES string of the molecule is C=C(F)C(=O)Nc1cc(Nc2nccc(-c3nc(C)n4ccccc34)n2)c(OC)nc1N(C)CCN(C)C. The van der Waals surface area contributed by atoms with Crippen LogP contribution in [0.2, 0.25) is 0 Å². The summed E-state index contributed by atoms with van der Waals surface area (Å²) in [4.78, 5) is 34.3. The average Bonchev–Trinajstić information content (AvgIpc) is 3.24. The smallest absolute Gasteiger partial charge is 0.283 e. The van der Waals surface area contributed by atoms with Crippen molar-refractivity contribution in [1.82, 2.24) is 29.2 Å². The number of ether oxygens (including phenoxy) is 1. The third kappa shape index (κ3) is 5.70. The molecule has 0 aromatic carbocycles. The third-order valence-electron chi connectivity index (χ3n) is 5.77. The third-order valence-corrected chi connectivity index (χ3v) is 5.77. The summed E-state index contributed by atoms with van der Waals surface area (Å²) in [7, 11) is 7.21. The maximum Gasteiger partial charge on any atom is 0.283 e. The molecule has 4 heterocycles. The van der Waals surface area contributed by atoms with Crippen molar-refractivity contribution in [3.05, 3.63) is 61.0 Å². The number of nitrogens with one attached hydrogen (secondary N) is 2. The van der Waals surface area contributed by atoms with Crippen molar-refractivity contribution in [1.29, 1.82) is 0 Å². The predicted octanol–water partition coefficient (Wildman–Crippen LogP) is 3.67. The van der Waals surface area contributed by atoms with Gasteiger partial charge in [-0.1, -0.05) is 12.6 Å². The zero-order valence-electron chi connectivity index (χ0n) is 22.0. The first-order valence-electron chi connectivity index (χ1n) is 11.8. The second-order valence-corrected chi connectivity index (χ2v) is 8.85. The maximum absolute atomic E-state index is 13.6. The van der Waals surface area contributed by atoms with E-state index in [-0.39, 0.29) is 17.5 Å². The maximum atomic E-state index is 13.6. The number of halogens is 1. The van der Waals surface area contributed by atoms with Crippen LogP contribution in [0.5, 0.6) is 5.88 Å². The monoisotopic (exact) mass is 519 g/mol. The van der Waals surface area contributed by atoms with Crippen LogP contribution < -0.4 is 20.3 Å². The van der Waals surface area contributed by atoms with Gasteiger partial charge in [-0.15, -0.1) is 0 Å². The van der Waals surface area contributed by atoms with Crippen LogP contribution in [0.15, 0.2) is 55.1 Å². The molecule has 0 aliphatic heterocycles. The van der Waals surface area contributed by atoms with E-state index in [0.717, 1.165) is 17.9 Å². The highest BCUT2D eigenvalue weighted by Gasteiger charge is 2.20. The first kappa shape index (κ1) is 26.5. The molecule has 2 N–H and O–H groups in total. The van der Waals surface area contributed by atoms with E-state index in [4.69, 9.17) is 4.74 Å². The van der Waals surface area contributed by atoms with Crippen molar-refractivity contribution in [2.24, 2.45) is 0 Å². The molecule has 1 amide bonds. The molecule has 0 spiro atoms. The summed E-state index contributed by atoms with van der Waals surface area (Å²) in [6, 6.07) is 9.22. The van der Waals surface area contributed by atoms with Gasteiger partial charge >= 0.3 is 0 Å². The van der Waals surface area contributed by atoms with Crippen LogP contribution in [-0.4, -0.2) is 76.5 Å². The van der Waals surface area contributed by atoms with Crippen molar-refractivity contribution in [3.8, 4) is 17.3 Å². The highest BCUT2D eigenvalue weighted by atomic mass is 19.1. The van der Waals surface area contributed by atoms with Gasteiger partial charge in [0, 0.05) is 32.5 Å². The summed E-state index contributed by atoms with van der Waals surface area (Å²) >= 11 is 0. The van der Waals surface area contributed by atoms with Gasteiger partial charge in [-0.05, 0) is 45.3 Å². The van der Waals surface area contributed by atoms with Gasteiger partial charge in [0.05, 0.1) is 24.0 Å². The Morgan fingerprint density at radius 3 is 2.63 bits per heavy atom. The van der Waals surface area contributed by atoms with Crippen LogP contribution in [0.4, 0.5) is 27.5 Å². The number of amides is 1. The van der Waals surface area contributed by atoms with E-state index in [1.165, 1.54) is 7.11 Å². The van der Waals surface area contributed by atoms with Crippen LogP contribution in [-0.2, 0) is 4.79 Å². The number of nitrogens with zero attached hydrogens (tertiary/aromatic N) is 7. The van der Waals surface area contributed by atoms with E-state index in [1.54, 1.807) is 18.3 Å². The zero-order chi connectivity index (χ0) is 27.4. The topological polar surface area (TPSA) is 113 Å². The second kappa shape index (κ2) is 11.2. The first-order valence-corrected chi connectivity index (χ1v) is 11.8. The van der Waals surface area contributed by atoms with Crippen LogP contribution in [0.3, 0.4) is 0 Å². The lowest BCUT2D eigenvalue weighted by atomic mass is 10.2. The number of fused-ring (bicyclic) bond motifs is 1. The molecule has 4 aromatic heterocycles. The zero-order valence-corrected chi connectivity index (χ0v) is 22.0. The van der Waals surface area contributed by atoms with Gasteiger partial charge in [0.1, 0.15) is 17.2 Å². The highest BCUT2D eigenvalue weighted by molar-refractivity contribution is 6.03. The molecule has 38 heavy (non-hydrogen) atoms. The molecule has 4 aromatic rings. The fraction of sp³-hybridized carbons (Fsp3) is 0.269. The number of hydrogen-bond donors (Lipinski definition) is 2. The number of likely N-dealkylation sites (N-methyl/N-ethyl adjacent to an activating group) is 2. The molecule has 0 atom stereocenters. The second-order valence-electron chi connectivity index (χ2n) is 8.85. The standard InChI is InChI=1S/C26H30FN9O2/c1-16(27)24(37)30-19-15-20(25(38-6)33-23(19)35(5)14-13-34(3)4)32-26-28-11-10-18(31-26)22-21-9-7-8-12-36(21)17(2)29-22/h7-12,15H,1,13-14H2,2-6H3,(H,30,37)(H,28,31,32). The van der Waals surface area contributed by atoms with Crippen LogP contribution in [0, 0.1) is 6.92 Å². The molecule has 0 radical (unpaired) electrons. The van der Waals surface area contributed by atoms with Gasteiger partial charge < -0.3 is 29.6 Å². The summed E-state index contributed by atoms with van der Waals surface area (Å²) in [5.74, 6) is -0.345. The number of pyridine rings is 2. The number of hydrogen-bond acceptors (Lipinski definition) is 9. The van der Waals surface area contributed by atoms with E-state index in [9.17, 15) is 9.18 Å². The van der Waals surface area contributed by atoms with Gasteiger partial charge in [0.15, 0.2) is 11.6 Å². The van der Waals surface area contributed by atoms with Crippen molar-refractivity contribution in [3.63, 3.8) is 0 Å². The Kier molecular flexibility index (Phi) is 7.82. The van der Waals surface area contributed by atoms with E-state index >= 15 is 0 Å². The molecule has 0 unspecified atom stereocenters. The van der Waals surface area contributed by atoms with Crippen molar-refractivity contribution < 1.29 is 13.9 Å². The molecule has 198 valence electrons. The molecule has 0 saturated carbocycles. The number of carbonyl (C=O) groups is 1. The summed E-state index contributed by atoms with van der Waals surface area (Å²) < 4.78 is 21.1. The highest BCUT2D eigenvalue weighted by Crippen LogP contribution is 2.35. The fourth-order valence-electron chi connectivity index (χ4n) is 3.81. The van der Waals surface area contributed by atoms with Crippen LogP contribution in [0.1, 0.15) is 5.82 Å². The number of anilines is 4. The van der Waals surface area contributed by atoms with Gasteiger partial charge in [-0.3, -0.25) is 4.79 Å². The molecule has 0 bridgehead atoms. The lowest BCUT2D eigenvalue weighted by Crippen LogP contribution is -2.30. The Labute approximate surface area is 220 Å². The summed E-state index contributed by atoms with van der Waals surface area (Å²) in [6.45, 7) is 6.33. The minimum Gasteiger partial charge on any atom is -0.479 e. The lowest BCUT2D eigenvalue weighted by molar-refractivity contribution is -0.114. The summed E-state index contributed by atoms with van der Waals surface area (Å²) in [5.41, 5.74) is 2.89. The van der Waals surface area contributed by atoms with Crippen molar-refractivity contribution in [2.75, 3.05) is 56.9 Å². The van der Waals surface area contributed by atoms with E-state index < -0.39 is 11.7 Å². The fourth-order valence-corrected chi connectivity index (χ4v) is 3.81. The number of aromatic nitrogens is 5. The average molecular weight is 520 g/mol. The lowest BCUT2D eigenvalue weighted by Gasteiger charge is -2.24. The van der Waals surface area contributed by atoms with Crippen molar-refractivity contribution in [2.45, 2.75) is 6.92 Å². The molecule has 0 aliphatic carbocycles. The Morgan fingerprint density at radius 1 is 1.13 bits per heavy atom. The Morgan fingerprint density at radius 2 is 1.92 bits per heavy atom. The van der Waals surface area contributed by atoms with Crippen molar-refractivity contribution >= 4 is 34.6 Å². The van der Waals surface area contributed by atoms with E-state index in [1.807, 2.05) is 66.7 Å². The van der Waals surface area contributed by atoms with Gasteiger partial charge in [-0.2, -0.15) is 4.98 Å². The minimum absolute atomic E-state index is 0.242. The Balaban J connectivity index is 1.72. The quantitative estimate of drug-likeness (QED) is 0.303. The number of imidazole rings is 1. The molecule has 0 saturated heterocycles. The molecule has 11 nitrogen and oxygen atoms in total. The number of aryl methyl sites for hydroxylation is 1. The minimum atomic E-state index is -1.11. The number of methoxy groups -OCH3 is 1. The van der Waals surface area contributed by atoms with Gasteiger partial charge in [0.2, 0.25) is 11.8 Å². The molecular formula is C26H30FN9O2. The predicted molar refractivity (Wildman–Crippen MR) is 146 cm³/mol. The molecular weight excluding hydrogens is 489 g/mol. The van der Waals surface area contributed by atoms with Gasteiger partial charge in [0.25, 0.3) is 5.91 Å². The van der Waals surface area contributed by atoms with Crippen LogP contribution in [0.25, 0.3) is 16.9 Å². The largest absolute Gasteiger partial charge is 0.479 e. The normalized spacial score (nSPS) is 11.0. The number of carbonyl (C=O) groups excluding carboxylic acids is 1.